The molecule has 0 radical (unpaired) electrons. The lowest BCUT2D eigenvalue weighted by Gasteiger charge is -2.22. The van der Waals surface area contributed by atoms with Crippen LogP contribution in [-0.4, -0.2) is 31.1 Å². The highest BCUT2D eigenvalue weighted by Crippen LogP contribution is 2.35. The summed E-state index contributed by atoms with van der Waals surface area (Å²) in [5, 5.41) is 0. The predicted molar refractivity (Wildman–Crippen MR) is 124 cm³/mol. The van der Waals surface area contributed by atoms with Crippen LogP contribution in [0.15, 0.2) is 84.9 Å². The summed E-state index contributed by atoms with van der Waals surface area (Å²) in [5.74, 6) is 1.43. The number of hydrogen-bond acceptors (Lipinski definition) is 2. The highest BCUT2D eigenvalue weighted by atomic mass is 35.5. The fourth-order valence-corrected chi connectivity index (χ4v) is 3.46. The second-order valence-electron chi connectivity index (χ2n) is 7.23. The van der Waals surface area contributed by atoms with Gasteiger partial charge in [-0.05, 0) is 67.4 Å². The van der Waals surface area contributed by atoms with E-state index in [2.05, 4.69) is 60.7 Å². The third-order valence-corrected chi connectivity index (χ3v) is 5.20. The zero-order valence-electron chi connectivity index (χ0n) is 17.3. The molecule has 0 aliphatic carbocycles. The Morgan fingerprint density at radius 2 is 1.31 bits per heavy atom. The summed E-state index contributed by atoms with van der Waals surface area (Å²) < 4.78 is 6.00. The van der Waals surface area contributed by atoms with Crippen molar-refractivity contribution in [2.75, 3.05) is 20.0 Å². The van der Waals surface area contributed by atoms with E-state index in [1.807, 2.05) is 50.2 Å². The van der Waals surface area contributed by atoms with Gasteiger partial charge in [0.1, 0.15) is 12.0 Å². The Balaban J connectivity index is 2.09. The van der Waals surface area contributed by atoms with E-state index < -0.39 is 0 Å². The summed E-state index contributed by atoms with van der Waals surface area (Å²) in [7, 11) is 4.02. The molecule has 3 heteroatoms. The fourth-order valence-electron chi connectivity index (χ4n) is 3.27. The van der Waals surface area contributed by atoms with Crippen molar-refractivity contribution in [3.63, 3.8) is 0 Å². The van der Waals surface area contributed by atoms with Crippen molar-refractivity contribution in [1.82, 2.24) is 4.90 Å². The Morgan fingerprint density at radius 1 is 0.793 bits per heavy atom. The molecule has 3 rings (SSSR count). The lowest BCUT2D eigenvalue weighted by atomic mass is 9.88. The zero-order chi connectivity index (χ0) is 20.6. The van der Waals surface area contributed by atoms with Gasteiger partial charge in [-0.15, -0.1) is 11.6 Å². The van der Waals surface area contributed by atoms with Gasteiger partial charge in [0.05, 0.1) is 0 Å². The number of ether oxygens (including phenoxy) is 1. The molecular weight excluding hydrogens is 378 g/mol. The number of halogens is 1. The van der Waals surface area contributed by atoms with Gasteiger partial charge in [0.2, 0.25) is 0 Å². The maximum atomic E-state index is 6.22. The largest absolute Gasteiger partial charge is 0.475 e. The first-order valence-corrected chi connectivity index (χ1v) is 10.5. The first-order chi connectivity index (χ1) is 14.1. The number of nitrogens with zero attached hydrogens (tertiary/aromatic N) is 1. The monoisotopic (exact) mass is 405 g/mol. The SMILES string of the molecule is CC(Oc1ccc(C(=C(CCCl)c2ccccc2)c2ccccc2)cc1)N(C)C. The second kappa shape index (κ2) is 10.3. The zero-order valence-corrected chi connectivity index (χ0v) is 18.1. The van der Waals surface area contributed by atoms with Gasteiger partial charge in [0, 0.05) is 5.88 Å². The van der Waals surface area contributed by atoms with Gasteiger partial charge in [0.25, 0.3) is 0 Å². The topological polar surface area (TPSA) is 12.5 Å². The van der Waals surface area contributed by atoms with Crippen molar-refractivity contribution in [3.05, 3.63) is 102 Å². The summed E-state index contributed by atoms with van der Waals surface area (Å²) in [6.07, 6.45) is 0.812. The fraction of sp³-hybridized carbons (Fsp3) is 0.231. The molecule has 0 aromatic heterocycles. The molecule has 2 nitrogen and oxygen atoms in total. The van der Waals surface area contributed by atoms with Crippen molar-refractivity contribution in [1.29, 1.82) is 0 Å². The summed E-state index contributed by atoms with van der Waals surface area (Å²) in [6.45, 7) is 2.04. The van der Waals surface area contributed by atoms with Crippen LogP contribution in [0.4, 0.5) is 0 Å². The average Bonchev–Trinajstić information content (AvgIpc) is 2.76. The predicted octanol–water partition coefficient (Wildman–Crippen LogP) is 6.56. The molecule has 1 atom stereocenters. The molecule has 0 fully saturated rings. The molecule has 3 aromatic rings. The summed E-state index contributed by atoms with van der Waals surface area (Å²) >= 11 is 6.22. The Kier molecular flexibility index (Phi) is 7.51. The number of allylic oxidation sites excluding steroid dienone is 1. The van der Waals surface area contributed by atoms with Crippen molar-refractivity contribution in [2.45, 2.75) is 19.6 Å². The minimum absolute atomic E-state index is 0.0149. The van der Waals surface area contributed by atoms with Gasteiger partial charge in [-0.2, -0.15) is 0 Å². The minimum Gasteiger partial charge on any atom is -0.475 e. The van der Waals surface area contributed by atoms with Gasteiger partial charge in [-0.3, -0.25) is 4.90 Å². The first kappa shape index (κ1) is 21.2. The van der Waals surface area contributed by atoms with Crippen molar-refractivity contribution < 1.29 is 4.74 Å². The van der Waals surface area contributed by atoms with Crippen molar-refractivity contribution >= 4 is 22.7 Å². The molecule has 150 valence electrons. The molecule has 3 aromatic carbocycles. The normalized spacial score (nSPS) is 13.1. The van der Waals surface area contributed by atoms with Gasteiger partial charge < -0.3 is 4.74 Å². The summed E-state index contributed by atoms with van der Waals surface area (Å²) in [4.78, 5) is 2.04. The molecule has 0 spiro atoms. The van der Waals surface area contributed by atoms with E-state index >= 15 is 0 Å². The van der Waals surface area contributed by atoms with Crippen LogP contribution in [0.3, 0.4) is 0 Å². The number of alkyl halides is 1. The second-order valence-corrected chi connectivity index (χ2v) is 7.61. The first-order valence-electron chi connectivity index (χ1n) is 9.93. The Hall–Kier alpha value is -2.55. The van der Waals surface area contributed by atoms with Crippen LogP contribution in [0.1, 0.15) is 30.0 Å². The molecule has 0 saturated heterocycles. The Bertz CT molecular complexity index is 918. The van der Waals surface area contributed by atoms with E-state index in [9.17, 15) is 0 Å². The highest BCUT2D eigenvalue weighted by molar-refractivity contribution is 6.18. The van der Waals surface area contributed by atoms with E-state index in [4.69, 9.17) is 16.3 Å². The quantitative estimate of drug-likeness (QED) is 0.239. The molecule has 0 bridgehead atoms. The Labute approximate surface area is 179 Å². The van der Waals surface area contributed by atoms with Crippen LogP contribution in [0.2, 0.25) is 0 Å². The third-order valence-electron chi connectivity index (χ3n) is 5.01. The summed E-state index contributed by atoms with van der Waals surface area (Å²) in [5.41, 5.74) is 6.01. The van der Waals surface area contributed by atoms with Gasteiger partial charge in [-0.25, -0.2) is 0 Å². The number of benzene rings is 3. The van der Waals surface area contributed by atoms with Crippen molar-refractivity contribution in [3.8, 4) is 5.75 Å². The number of hydrogen-bond donors (Lipinski definition) is 0. The minimum atomic E-state index is 0.0149. The molecule has 0 amide bonds. The molecule has 0 N–H and O–H groups in total. The van der Waals surface area contributed by atoms with Crippen LogP contribution >= 0.6 is 11.6 Å². The Morgan fingerprint density at radius 3 is 1.83 bits per heavy atom. The maximum absolute atomic E-state index is 6.22. The van der Waals surface area contributed by atoms with E-state index in [-0.39, 0.29) is 6.23 Å². The molecule has 0 aliphatic rings. The van der Waals surface area contributed by atoms with Crippen molar-refractivity contribution in [2.24, 2.45) is 0 Å². The molecule has 1 unspecified atom stereocenters. The maximum Gasteiger partial charge on any atom is 0.149 e. The molecular formula is C26H28ClNO. The molecule has 29 heavy (non-hydrogen) atoms. The van der Waals surface area contributed by atoms with Crippen LogP contribution in [0, 0.1) is 0 Å². The summed E-state index contributed by atoms with van der Waals surface area (Å²) in [6, 6.07) is 29.4. The third kappa shape index (κ3) is 5.50. The molecule has 0 aliphatic heterocycles. The van der Waals surface area contributed by atoms with Crippen LogP contribution in [0.5, 0.6) is 5.75 Å². The standard InChI is InChI=1S/C26H28ClNO/c1-20(28(2)3)29-24-16-14-23(15-17-24)26(22-12-8-5-9-13-22)25(18-19-27)21-10-6-4-7-11-21/h4-17,20H,18-19H2,1-3H3. The van der Waals surface area contributed by atoms with Gasteiger partial charge in [-0.1, -0.05) is 72.8 Å². The van der Waals surface area contributed by atoms with Crippen LogP contribution in [0.25, 0.3) is 11.1 Å². The smallest absolute Gasteiger partial charge is 0.149 e. The van der Waals surface area contributed by atoms with Gasteiger partial charge in [0.15, 0.2) is 0 Å². The van der Waals surface area contributed by atoms with Crippen LogP contribution < -0.4 is 4.74 Å². The van der Waals surface area contributed by atoms with Gasteiger partial charge >= 0.3 is 0 Å². The molecule has 0 heterocycles. The molecule has 0 saturated carbocycles. The van der Waals surface area contributed by atoms with E-state index in [0.717, 1.165) is 17.7 Å². The number of rotatable bonds is 8. The van der Waals surface area contributed by atoms with E-state index in [0.29, 0.717) is 5.88 Å². The van der Waals surface area contributed by atoms with E-state index in [1.165, 1.54) is 22.3 Å². The average molecular weight is 406 g/mol. The lowest BCUT2D eigenvalue weighted by Crippen LogP contribution is -2.30. The van der Waals surface area contributed by atoms with E-state index in [1.54, 1.807) is 0 Å². The van der Waals surface area contributed by atoms with Crippen LogP contribution in [-0.2, 0) is 0 Å². The highest BCUT2D eigenvalue weighted by Gasteiger charge is 2.14. The lowest BCUT2D eigenvalue weighted by molar-refractivity contribution is 0.0815.